The third kappa shape index (κ3) is 2.34. The number of aromatic nitrogens is 4. The van der Waals surface area contributed by atoms with Crippen molar-refractivity contribution in [2.75, 3.05) is 0 Å². The van der Waals surface area contributed by atoms with Crippen LogP contribution in [0.15, 0.2) is 21.7 Å². The summed E-state index contributed by atoms with van der Waals surface area (Å²) in [6, 6.07) is 0. The lowest BCUT2D eigenvalue weighted by atomic mass is 9.93. The molecule has 2 aliphatic rings. The largest absolute Gasteiger partial charge is 0.332 e. The fourth-order valence-electron chi connectivity index (χ4n) is 4.63. The van der Waals surface area contributed by atoms with Crippen molar-refractivity contribution < 1.29 is 0 Å². The molecule has 0 N–H and O–H groups in total. The predicted molar refractivity (Wildman–Crippen MR) is 97.9 cm³/mol. The first-order valence-electron chi connectivity index (χ1n) is 9.45. The zero-order valence-corrected chi connectivity index (χ0v) is 15.2. The van der Waals surface area contributed by atoms with Crippen LogP contribution < -0.4 is 11.2 Å². The van der Waals surface area contributed by atoms with E-state index in [9.17, 15) is 9.59 Å². The summed E-state index contributed by atoms with van der Waals surface area (Å²) in [6.07, 6.45) is 8.49. The molecule has 1 saturated carbocycles. The standard InChI is InChI=1S/C19H26N4O2/c1-4-8-22-17-15(18(24)23(9-5-2)19(22)25)21(3)16(20-17)14-11-12-6-7-13(14)10-12/h6-7,12-14H,4-5,8-11H2,1-3H3/t12-,13-,14+/m1/s1. The Morgan fingerprint density at radius 3 is 2.40 bits per heavy atom. The average molecular weight is 342 g/mol. The van der Waals surface area contributed by atoms with E-state index >= 15 is 0 Å². The van der Waals surface area contributed by atoms with Crippen molar-refractivity contribution in [2.45, 2.75) is 58.5 Å². The monoisotopic (exact) mass is 342 g/mol. The van der Waals surface area contributed by atoms with E-state index in [0.717, 1.165) is 25.1 Å². The van der Waals surface area contributed by atoms with Crippen LogP contribution in [-0.2, 0) is 20.1 Å². The van der Waals surface area contributed by atoms with E-state index in [1.54, 1.807) is 4.57 Å². The number of imidazole rings is 1. The van der Waals surface area contributed by atoms with E-state index in [4.69, 9.17) is 4.98 Å². The molecule has 3 atom stereocenters. The minimum absolute atomic E-state index is 0.200. The third-order valence-corrected chi connectivity index (χ3v) is 5.78. The zero-order valence-electron chi connectivity index (χ0n) is 15.2. The molecule has 0 amide bonds. The number of aryl methyl sites for hydroxylation is 2. The van der Waals surface area contributed by atoms with Crippen LogP contribution in [-0.4, -0.2) is 18.7 Å². The molecule has 4 rings (SSSR count). The van der Waals surface area contributed by atoms with Gasteiger partial charge in [0.25, 0.3) is 5.56 Å². The summed E-state index contributed by atoms with van der Waals surface area (Å²) in [7, 11) is 1.93. The van der Waals surface area contributed by atoms with Crippen LogP contribution in [0.5, 0.6) is 0 Å². The van der Waals surface area contributed by atoms with Gasteiger partial charge in [-0.25, -0.2) is 9.78 Å². The Hall–Kier alpha value is -2.11. The maximum Gasteiger partial charge on any atom is 0.332 e. The molecule has 0 aliphatic heterocycles. The van der Waals surface area contributed by atoms with E-state index in [-0.39, 0.29) is 11.2 Å². The summed E-state index contributed by atoms with van der Waals surface area (Å²) in [4.78, 5) is 30.6. The quantitative estimate of drug-likeness (QED) is 0.784. The lowest BCUT2D eigenvalue weighted by Crippen LogP contribution is -2.40. The molecule has 6 nitrogen and oxygen atoms in total. The van der Waals surface area contributed by atoms with E-state index in [2.05, 4.69) is 12.2 Å². The molecule has 2 aromatic rings. The van der Waals surface area contributed by atoms with Gasteiger partial charge in [0.1, 0.15) is 5.82 Å². The van der Waals surface area contributed by atoms with E-state index in [1.807, 2.05) is 25.5 Å². The molecule has 134 valence electrons. The van der Waals surface area contributed by atoms with Crippen molar-refractivity contribution in [2.24, 2.45) is 18.9 Å². The Morgan fingerprint density at radius 2 is 1.80 bits per heavy atom. The van der Waals surface area contributed by atoms with Gasteiger partial charge in [-0.15, -0.1) is 0 Å². The number of nitrogens with zero attached hydrogens (tertiary/aromatic N) is 4. The number of hydrogen-bond acceptors (Lipinski definition) is 3. The molecule has 0 aromatic carbocycles. The molecule has 0 radical (unpaired) electrons. The van der Waals surface area contributed by atoms with Crippen molar-refractivity contribution in [3.63, 3.8) is 0 Å². The van der Waals surface area contributed by atoms with Crippen LogP contribution in [0.2, 0.25) is 0 Å². The van der Waals surface area contributed by atoms with Gasteiger partial charge in [-0.1, -0.05) is 26.0 Å². The Kier molecular flexibility index (Phi) is 3.93. The summed E-state index contributed by atoms with van der Waals surface area (Å²) in [5.74, 6) is 2.48. The fraction of sp³-hybridized carbons (Fsp3) is 0.632. The first-order chi connectivity index (χ1) is 12.1. The molecule has 2 aliphatic carbocycles. The van der Waals surface area contributed by atoms with Crippen molar-refractivity contribution in [3.05, 3.63) is 38.8 Å². The molecule has 2 aromatic heterocycles. The van der Waals surface area contributed by atoms with Gasteiger partial charge in [0.15, 0.2) is 11.2 Å². The maximum absolute atomic E-state index is 13.0. The smallest absolute Gasteiger partial charge is 0.325 e. The van der Waals surface area contributed by atoms with Crippen LogP contribution in [0.3, 0.4) is 0 Å². The van der Waals surface area contributed by atoms with Crippen LogP contribution in [0, 0.1) is 11.8 Å². The number of allylic oxidation sites excluding steroid dienone is 2. The Morgan fingerprint density at radius 1 is 1.08 bits per heavy atom. The van der Waals surface area contributed by atoms with Crippen LogP contribution in [0.4, 0.5) is 0 Å². The van der Waals surface area contributed by atoms with Gasteiger partial charge in [-0.3, -0.25) is 13.9 Å². The van der Waals surface area contributed by atoms with Gasteiger partial charge < -0.3 is 4.57 Å². The molecule has 1 fully saturated rings. The van der Waals surface area contributed by atoms with Crippen molar-refractivity contribution >= 4 is 11.2 Å². The predicted octanol–water partition coefficient (Wildman–Crippen LogP) is 2.40. The van der Waals surface area contributed by atoms with Crippen LogP contribution >= 0.6 is 0 Å². The third-order valence-electron chi connectivity index (χ3n) is 5.78. The number of fused-ring (bicyclic) bond motifs is 3. The number of hydrogen-bond donors (Lipinski definition) is 0. The highest BCUT2D eigenvalue weighted by Crippen LogP contribution is 2.48. The Bertz CT molecular complexity index is 962. The van der Waals surface area contributed by atoms with Gasteiger partial charge in [-0.05, 0) is 37.5 Å². The zero-order chi connectivity index (χ0) is 17.7. The average Bonchev–Trinajstić information content (AvgIpc) is 3.29. The van der Waals surface area contributed by atoms with E-state index in [1.165, 1.54) is 11.0 Å². The second-order valence-electron chi connectivity index (χ2n) is 7.48. The highest BCUT2D eigenvalue weighted by Gasteiger charge is 2.39. The van der Waals surface area contributed by atoms with Gasteiger partial charge in [0.05, 0.1) is 0 Å². The second kappa shape index (κ2) is 6.00. The first kappa shape index (κ1) is 16.4. The molecule has 0 unspecified atom stereocenters. The normalized spacial score (nSPS) is 24.7. The minimum atomic E-state index is -0.223. The lowest BCUT2D eigenvalue weighted by molar-refractivity contribution is 0.537. The fourth-order valence-corrected chi connectivity index (χ4v) is 4.63. The summed E-state index contributed by atoms with van der Waals surface area (Å²) in [6.45, 7) is 5.07. The highest BCUT2D eigenvalue weighted by atomic mass is 16.2. The van der Waals surface area contributed by atoms with Crippen LogP contribution in [0.1, 0.15) is 51.3 Å². The van der Waals surface area contributed by atoms with Crippen molar-refractivity contribution in [3.8, 4) is 0 Å². The second-order valence-corrected chi connectivity index (χ2v) is 7.48. The number of rotatable bonds is 5. The molecular weight excluding hydrogens is 316 g/mol. The maximum atomic E-state index is 13.0. The molecular formula is C19H26N4O2. The summed E-state index contributed by atoms with van der Waals surface area (Å²) < 4.78 is 5.03. The Labute approximate surface area is 146 Å². The van der Waals surface area contributed by atoms with Gasteiger partial charge in [-0.2, -0.15) is 0 Å². The van der Waals surface area contributed by atoms with E-state index in [0.29, 0.717) is 42.0 Å². The highest BCUT2D eigenvalue weighted by molar-refractivity contribution is 5.71. The van der Waals surface area contributed by atoms with Gasteiger partial charge in [0, 0.05) is 26.1 Å². The van der Waals surface area contributed by atoms with E-state index < -0.39 is 0 Å². The SMILES string of the molecule is CCCn1c(=O)c2c(nc([C@H]3C[C@@H]4C=C[C@@H]3C4)n2C)n(CCC)c1=O. The van der Waals surface area contributed by atoms with Gasteiger partial charge >= 0.3 is 5.69 Å². The topological polar surface area (TPSA) is 61.8 Å². The molecule has 6 heteroatoms. The van der Waals surface area contributed by atoms with Crippen LogP contribution in [0.25, 0.3) is 11.2 Å². The summed E-state index contributed by atoms with van der Waals surface area (Å²) >= 11 is 0. The minimum Gasteiger partial charge on any atom is -0.325 e. The molecule has 2 heterocycles. The van der Waals surface area contributed by atoms with Crippen molar-refractivity contribution in [1.29, 1.82) is 0 Å². The summed E-state index contributed by atoms with van der Waals surface area (Å²) in [5.41, 5.74) is 0.713. The summed E-state index contributed by atoms with van der Waals surface area (Å²) in [5, 5.41) is 0. The lowest BCUT2D eigenvalue weighted by Gasteiger charge is -2.17. The Balaban J connectivity index is 1.97. The van der Waals surface area contributed by atoms with Gasteiger partial charge in [0.2, 0.25) is 0 Å². The molecule has 0 saturated heterocycles. The molecule has 2 bridgehead atoms. The molecule has 0 spiro atoms. The first-order valence-corrected chi connectivity index (χ1v) is 9.45. The van der Waals surface area contributed by atoms with Crippen molar-refractivity contribution in [1.82, 2.24) is 18.7 Å². The molecule has 25 heavy (non-hydrogen) atoms.